The highest BCUT2D eigenvalue weighted by Gasteiger charge is 2.41. The van der Waals surface area contributed by atoms with E-state index in [0.29, 0.717) is 13.2 Å². The van der Waals surface area contributed by atoms with Crippen molar-refractivity contribution in [3.05, 3.63) is 0 Å². The summed E-state index contributed by atoms with van der Waals surface area (Å²) in [6, 6.07) is -0.799. The van der Waals surface area contributed by atoms with Gasteiger partial charge in [-0.1, -0.05) is 157 Å². The third-order valence-electron chi connectivity index (χ3n) is 7.23. The van der Waals surface area contributed by atoms with Crippen LogP contribution in [-0.2, 0) is 14.2 Å². The van der Waals surface area contributed by atoms with E-state index in [2.05, 4.69) is 6.92 Å². The lowest BCUT2D eigenvalue weighted by Crippen LogP contribution is -2.37. The van der Waals surface area contributed by atoms with Crippen LogP contribution >= 0.6 is 0 Å². The lowest BCUT2D eigenvalue weighted by atomic mass is 9.93. The second-order valence-electron chi connectivity index (χ2n) is 10.5. The number of unbranched alkanes of at least 4 members (excludes halogenated alkanes) is 19. The fraction of sp³-hybridized carbons (Fsp3) is 1.00. The highest BCUT2D eigenvalue weighted by Crippen LogP contribution is 2.22. The first-order valence-corrected chi connectivity index (χ1v) is 17.1. The van der Waals surface area contributed by atoms with Gasteiger partial charge in [-0.3, -0.25) is 0 Å². The maximum absolute atomic E-state index is 9.91. The van der Waals surface area contributed by atoms with Gasteiger partial charge in [0.2, 0.25) is 0 Å². The van der Waals surface area contributed by atoms with E-state index in [4.69, 9.17) is 22.1 Å². The van der Waals surface area contributed by atoms with E-state index >= 15 is 0 Å². The molecule has 0 bridgehead atoms. The van der Waals surface area contributed by atoms with Gasteiger partial charge in [-0.25, -0.2) is 0 Å². The van der Waals surface area contributed by atoms with E-state index < -0.39 is 24.3 Å². The van der Waals surface area contributed by atoms with Crippen LogP contribution in [0.1, 0.15) is 163 Å². The van der Waals surface area contributed by atoms with Crippen LogP contribution in [0, 0.1) is 0 Å². The molecule has 234 valence electrons. The summed E-state index contributed by atoms with van der Waals surface area (Å²) in [5.74, 6) is 0. The summed E-state index contributed by atoms with van der Waals surface area (Å²) in [6.07, 6.45) is 25.7. The fourth-order valence-corrected chi connectivity index (χ4v) is 4.92. The standard InChI is InChI=1S/C29H57BO5.2C2H6/c1-2-3-4-5-6-7-8-9-10-11-12-13-14-15-16-17-18-19-20-21-22-33-23-24-34-28-26(25-31)35-29(30)27(28)32;2*1-2/h26-29,31-32H,2-25H2,1H3;2*1-2H3. The van der Waals surface area contributed by atoms with Gasteiger partial charge in [-0.2, -0.15) is 0 Å². The van der Waals surface area contributed by atoms with Gasteiger partial charge in [0.15, 0.2) is 0 Å². The fourth-order valence-electron chi connectivity index (χ4n) is 4.92. The van der Waals surface area contributed by atoms with E-state index in [0.717, 1.165) is 13.0 Å². The molecule has 6 heteroatoms. The quantitative estimate of drug-likeness (QED) is 0.0826. The zero-order chi connectivity index (χ0) is 29.4. The smallest absolute Gasteiger partial charge is 0.114 e. The average Bonchev–Trinajstić information content (AvgIpc) is 3.25. The number of rotatable bonds is 26. The minimum Gasteiger partial charge on any atom is -0.394 e. The molecule has 0 aromatic rings. The van der Waals surface area contributed by atoms with E-state index in [1.807, 2.05) is 27.7 Å². The molecule has 0 amide bonds. The summed E-state index contributed by atoms with van der Waals surface area (Å²) in [7, 11) is 5.63. The van der Waals surface area contributed by atoms with Gasteiger partial charge in [0.1, 0.15) is 26.2 Å². The minimum atomic E-state index is -0.906. The molecule has 0 aromatic carbocycles. The number of aliphatic hydroxyl groups is 2. The summed E-state index contributed by atoms with van der Waals surface area (Å²) in [4.78, 5) is 0. The van der Waals surface area contributed by atoms with Crippen LogP contribution in [0.15, 0.2) is 0 Å². The van der Waals surface area contributed by atoms with Crippen molar-refractivity contribution in [1.29, 1.82) is 0 Å². The van der Waals surface area contributed by atoms with Crippen molar-refractivity contribution in [3.63, 3.8) is 0 Å². The maximum atomic E-state index is 9.91. The molecule has 0 spiro atoms. The van der Waals surface area contributed by atoms with E-state index in [-0.39, 0.29) is 6.61 Å². The molecule has 1 fully saturated rings. The average molecular weight is 557 g/mol. The van der Waals surface area contributed by atoms with Crippen LogP contribution in [0.25, 0.3) is 0 Å². The molecule has 0 saturated carbocycles. The number of ether oxygens (including phenoxy) is 3. The van der Waals surface area contributed by atoms with Gasteiger partial charge in [-0.15, -0.1) is 0 Å². The SMILES string of the molecule is CC.CC.[B]C1OC(CO)C(OCCOCCCCCCCCCCCCCCCCCCCCCC)C1O. The molecule has 5 nitrogen and oxygen atoms in total. The van der Waals surface area contributed by atoms with Crippen molar-refractivity contribution in [2.75, 3.05) is 26.4 Å². The molecule has 39 heavy (non-hydrogen) atoms. The molecule has 4 unspecified atom stereocenters. The van der Waals surface area contributed by atoms with Crippen LogP contribution in [0.3, 0.4) is 0 Å². The minimum absolute atomic E-state index is 0.213. The molecule has 1 saturated heterocycles. The van der Waals surface area contributed by atoms with Crippen LogP contribution in [-0.4, -0.2) is 68.8 Å². The second kappa shape index (κ2) is 34.1. The second-order valence-corrected chi connectivity index (χ2v) is 10.5. The Balaban J connectivity index is 0. The zero-order valence-corrected chi connectivity index (χ0v) is 27.0. The monoisotopic (exact) mass is 557 g/mol. The predicted octanol–water partition coefficient (Wildman–Crippen LogP) is 8.51. The van der Waals surface area contributed by atoms with Crippen LogP contribution in [0.5, 0.6) is 0 Å². The van der Waals surface area contributed by atoms with Crippen molar-refractivity contribution in [2.24, 2.45) is 0 Å². The van der Waals surface area contributed by atoms with Crippen LogP contribution in [0.2, 0.25) is 0 Å². The lowest BCUT2D eigenvalue weighted by molar-refractivity contribution is -0.0685. The molecular formula is C33H69BO5. The summed E-state index contributed by atoms with van der Waals surface area (Å²) in [5, 5.41) is 19.2. The normalized spacial score (nSPS) is 20.3. The Kier molecular flexibility index (Phi) is 35.8. The highest BCUT2D eigenvalue weighted by molar-refractivity contribution is 6.11. The zero-order valence-electron chi connectivity index (χ0n) is 27.0. The van der Waals surface area contributed by atoms with Crippen LogP contribution in [0.4, 0.5) is 0 Å². The highest BCUT2D eigenvalue weighted by atomic mass is 16.6. The first kappa shape index (κ1) is 41.0. The Labute approximate surface area is 246 Å². The molecule has 4 atom stereocenters. The summed E-state index contributed by atoms with van der Waals surface area (Å²) in [6.45, 7) is 11.7. The van der Waals surface area contributed by atoms with Gasteiger partial charge < -0.3 is 24.4 Å². The predicted molar refractivity (Wildman–Crippen MR) is 169 cm³/mol. The Morgan fingerprint density at radius 3 is 1.36 bits per heavy atom. The Hall–Kier alpha value is -0.135. The van der Waals surface area contributed by atoms with Crippen molar-refractivity contribution >= 4 is 7.85 Å². The summed E-state index contributed by atoms with van der Waals surface area (Å²) < 4.78 is 16.5. The van der Waals surface area contributed by atoms with Gasteiger partial charge in [0.05, 0.1) is 19.8 Å². The molecular weight excluding hydrogens is 487 g/mol. The van der Waals surface area contributed by atoms with Gasteiger partial charge >= 0.3 is 0 Å². The largest absolute Gasteiger partial charge is 0.394 e. The molecule has 0 aromatic heterocycles. The van der Waals surface area contributed by atoms with Gasteiger partial charge in [0, 0.05) is 12.6 Å². The summed E-state index contributed by atoms with van der Waals surface area (Å²) in [5.41, 5.74) is 0. The van der Waals surface area contributed by atoms with E-state index in [1.165, 1.54) is 122 Å². The van der Waals surface area contributed by atoms with Crippen molar-refractivity contribution in [3.8, 4) is 0 Å². The molecule has 1 aliphatic heterocycles. The summed E-state index contributed by atoms with van der Waals surface area (Å²) >= 11 is 0. The Morgan fingerprint density at radius 2 is 0.974 bits per heavy atom. The first-order valence-electron chi connectivity index (χ1n) is 17.1. The van der Waals surface area contributed by atoms with Gasteiger partial charge in [0.25, 0.3) is 0 Å². The van der Waals surface area contributed by atoms with E-state index in [1.54, 1.807) is 0 Å². The van der Waals surface area contributed by atoms with E-state index in [9.17, 15) is 10.2 Å². The molecule has 1 aliphatic rings. The Morgan fingerprint density at radius 1 is 0.590 bits per heavy atom. The van der Waals surface area contributed by atoms with Gasteiger partial charge in [-0.05, 0) is 6.42 Å². The molecule has 2 N–H and O–H groups in total. The number of hydrogen-bond donors (Lipinski definition) is 2. The molecule has 0 aliphatic carbocycles. The van der Waals surface area contributed by atoms with Crippen molar-refractivity contribution in [1.82, 2.24) is 0 Å². The van der Waals surface area contributed by atoms with Crippen LogP contribution < -0.4 is 0 Å². The maximum Gasteiger partial charge on any atom is 0.114 e. The lowest BCUT2D eigenvalue weighted by Gasteiger charge is -2.19. The Bertz CT molecular complexity index is 440. The first-order chi connectivity index (χ1) is 19.2. The van der Waals surface area contributed by atoms with Crippen molar-refractivity contribution < 1.29 is 24.4 Å². The topological polar surface area (TPSA) is 68.2 Å². The molecule has 1 heterocycles. The third-order valence-corrected chi connectivity index (χ3v) is 7.23. The number of aliphatic hydroxyl groups excluding tert-OH is 2. The number of hydrogen-bond acceptors (Lipinski definition) is 5. The molecule has 1 rings (SSSR count). The molecule has 2 radical (unpaired) electrons. The third kappa shape index (κ3) is 25.3. The van der Waals surface area contributed by atoms with Crippen molar-refractivity contribution in [2.45, 2.75) is 187 Å².